The van der Waals surface area contributed by atoms with Gasteiger partial charge in [-0.2, -0.15) is 11.8 Å². The maximum absolute atomic E-state index is 6.02. The fraction of sp³-hybridized carbons (Fsp3) is 0.462. The van der Waals surface area contributed by atoms with E-state index in [9.17, 15) is 0 Å². The van der Waals surface area contributed by atoms with Crippen molar-refractivity contribution in [1.29, 1.82) is 0 Å². The Kier molecular flexibility index (Phi) is 4.49. The molecule has 0 N–H and O–H groups in total. The molecular formula is C13H16ClIN2S. The molecule has 0 bridgehead atoms. The summed E-state index contributed by atoms with van der Waals surface area (Å²) in [5.41, 5.74) is 2.21. The zero-order chi connectivity index (χ0) is 13.3. The Labute approximate surface area is 131 Å². The van der Waals surface area contributed by atoms with Crippen molar-refractivity contribution >= 4 is 57.0 Å². The van der Waals surface area contributed by atoms with E-state index in [0.29, 0.717) is 5.88 Å². The van der Waals surface area contributed by atoms with Gasteiger partial charge in [0.1, 0.15) is 5.82 Å². The second-order valence-electron chi connectivity index (χ2n) is 4.84. The number of imidazole rings is 1. The van der Waals surface area contributed by atoms with Crippen molar-refractivity contribution in [3.8, 4) is 0 Å². The van der Waals surface area contributed by atoms with Gasteiger partial charge >= 0.3 is 0 Å². The van der Waals surface area contributed by atoms with Crippen LogP contribution >= 0.6 is 46.0 Å². The number of hydrogen-bond donors (Lipinski definition) is 0. The summed E-state index contributed by atoms with van der Waals surface area (Å²) in [5.74, 6) is 1.41. The van der Waals surface area contributed by atoms with E-state index in [1.54, 1.807) is 0 Å². The lowest BCUT2D eigenvalue weighted by Crippen LogP contribution is -2.23. The second-order valence-corrected chi connectivity index (χ2v) is 7.87. The lowest BCUT2D eigenvalue weighted by molar-refractivity contribution is 0.566. The number of alkyl halides is 1. The first-order valence-corrected chi connectivity index (χ1v) is 8.56. The number of hydrogen-bond acceptors (Lipinski definition) is 2. The van der Waals surface area contributed by atoms with E-state index < -0.39 is 0 Å². The molecule has 0 saturated carbocycles. The number of rotatable bonds is 4. The van der Waals surface area contributed by atoms with Crippen LogP contribution in [0, 0.1) is 3.57 Å². The summed E-state index contributed by atoms with van der Waals surface area (Å²) in [6.45, 7) is 5.41. The first-order valence-electron chi connectivity index (χ1n) is 5.72. The molecule has 0 saturated heterocycles. The van der Waals surface area contributed by atoms with E-state index >= 15 is 0 Å². The molecule has 1 aromatic carbocycles. The van der Waals surface area contributed by atoms with Crippen LogP contribution in [0.1, 0.15) is 19.7 Å². The summed E-state index contributed by atoms with van der Waals surface area (Å²) < 4.78 is 3.63. The summed E-state index contributed by atoms with van der Waals surface area (Å²) in [7, 11) is 0. The minimum absolute atomic E-state index is 0.178. The van der Waals surface area contributed by atoms with Gasteiger partial charge in [0, 0.05) is 14.9 Å². The number of halogens is 2. The minimum Gasteiger partial charge on any atom is -0.326 e. The quantitative estimate of drug-likeness (QED) is 0.560. The highest BCUT2D eigenvalue weighted by molar-refractivity contribution is 14.1. The van der Waals surface area contributed by atoms with Crippen molar-refractivity contribution in [3.05, 3.63) is 27.6 Å². The van der Waals surface area contributed by atoms with Crippen molar-refractivity contribution in [2.45, 2.75) is 31.0 Å². The molecule has 5 heteroatoms. The number of fused-ring (bicyclic) bond motifs is 1. The van der Waals surface area contributed by atoms with Crippen LogP contribution in [0.3, 0.4) is 0 Å². The average Bonchev–Trinajstić information content (AvgIpc) is 2.66. The molecule has 0 radical (unpaired) electrons. The molecule has 0 fully saturated rings. The van der Waals surface area contributed by atoms with Crippen LogP contribution in [0.25, 0.3) is 11.0 Å². The third-order valence-corrected chi connectivity index (χ3v) is 5.14. The van der Waals surface area contributed by atoms with Gasteiger partial charge in [-0.1, -0.05) is 0 Å². The summed E-state index contributed by atoms with van der Waals surface area (Å²) in [6, 6.07) is 6.36. The van der Waals surface area contributed by atoms with Gasteiger partial charge in [-0.15, -0.1) is 11.6 Å². The van der Waals surface area contributed by atoms with Crippen LogP contribution in [0.5, 0.6) is 0 Å². The first-order chi connectivity index (χ1) is 8.46. The molecule has 2 rings (SSSR count). The Morgan fingerprint density at radius 1 is 1.44 bits per heavy atom. The highest BCUT2D eigenvalue weighted by Gasteiger charge is 2.20. The molecule has 18 heavy (non-hydrogen) atoms. The molecule has 0 spiro atoms. The van der Waals surface area contributed by atoms with Crippen LogP contribution in [0.2, 0.25) is 0 Å². The molecule has 98 valence electrons. The van der Waals surface area contributed by atoms with Crippen LogP contribution in [0.4, 0.5) is 0 Å². The van der Waals surface area contributed by atoms with Gasteiger partial charge in [0.15, 0.2) is 0 Å². The molecular weight excluding hydrogens is 379 g/mol. The van der Waals surface area contributed by atoms with Gasteiger partial charge in [0.2, 0.25) is 0 Å². The fourth-order valence-corrected chi connectivity index (χ4v) is 2.81. The largest absolute Gasteiger partial charge is 0.326 e. The minimum atomic E-state index is 0.178. The predicted octanol–water partition coefficient (Wildman–Crippen LogP) is 4.52. The van der Waals surface area contributed by atoms with Crippen LogP contribution in [-0.4, -0.2) is 20.6 Å². The van der Waals surface area contributed by atoms with Crippen molar-refractivity contribution in [2.24, 2.45) is 0 Å². The Hall–Kier alpha value is 0.0600. The van der Waals surface area contributed by atoms with Crippen molar-refractivity contribution in [2.75, 3.05) is 6.26 Å². The van der Waals surface area contributed by atoms with Gasteiger partial charge in [0.05, 0.1) is 16.9 Å². The molecule has 0 atom stereocenters. The zero-order valence-corrected chi connectivity index (χ0v) is 14.4. The highest BCUT2D eigenvalue weighted by Crippen LogP contribution is 2.28. The van der Waals surface area contributed by atoms with Gasteiger partial charge < -0.3 is 4.57 Å². The summed E-state index contributed by atoms with van der Waals surface area (Å²) in [4.78, 5) is 4.63. The Morgan fingerprint density at radius 3 is 2.78 bits per heavy atom. The van der Waals surface area contributed by atoms with Crippen molar-refractivity contribution in [1.82, 2.24) is 9.55 Å². The van der Waals surface area contributed by atoms with Crippen LogP contribution < -0.4 is 0 Å². The summed E-state index contributed by atoms with van der Waals surface area (Å²) in [5, 5.41) is 0. The molecule has 2 nitrogen and oxygen atoms in total. The standard InChI is InChI=1S/C13H16ClIN2S/c1-13(2,18-3)8-17-11-5-4-9(15)6-10(11)16-12(17)7-14/h4-6H,7-8H2,1-3H3. The predicted molar refractivity (Wildman–Crippen MR) is 89.6 cm³/mol. The van der Waals surface area contributed by atoms with Crippen LogP contribution in [0.15, 0.2) is 18.2 Å². The van der Waals surface area contributed by atoms with E-state index in [2.05, 4.69) is 70.4 Å². The Morgan fingerprint density at radius 2 is 2.17 bits per heavy atom. The fourth-order valence-electron chi connectivity index (χ4n) is 1.88. The number of aromatic nitrogens is 2. The monoisotopic (exact) mass is 394 g/mol. The molecule has 0 aliphatic rings. The molecule has 2 aromatic rings. The second kappa shape index (κ2) is 5.59. The lowest BCUT2D eigenvalue weighted by Gasteiger charge is -2.23. The molecule has 0 aliphatic heterocycles. The maximum atomic E-state index is 6.02. The van der Waals surface area contributed by atoms with Crippen molar-refractivity contribution < 1.29 is 0 Å². The van der Waals surface area contributed by atoms with Gasteiger partial charge in [0.25, 0.3) is 0 Å². The summed E-state index contributed by atoms with van der Waals surface area (Å²) in [6.07, 6.45) is 2.14. The van der Waals surface area contributed by atoms with Crippen molar-refractivity contribution in [3.63, 3.8) is 0 Å². The normalized spacial score (nSPS) is 12.3. The smallest absolute Gasteiger partial charge is 0.124 e. The van der Waals surface area contributed by atoms with E-state index in [0.717, 1.165) is 17.9 Å². The molecule has 1 aromatic heterocycles. The number of benzene rings is 1. The van der Waals surface area contributed by atoms with Gasteiger partial charge in [-0.05, 0) is 60.9 Å². The zero-order valence-electron chi connectivity index (χ0n) is 10.7. The Balaban J connectivity index is 2.53. The average molecular weight is 395 g/mol. The van der Waals surface area contributed by atoms with E-state index in [-0.39, 0.29) is 4.75 Å². The Bertz CT molecular complexity index is 565. The number of nitrogens with zero attached hydrogens (tertiary/aromatic N) is 2. The van der Waals surface area contributed by atoms with Gasteiger partial charge in [-0.3, -0.25) is 0 Å². The first kappa shape index (κ1) is 14.5. The summed E-state index contributed by atoms with van der Waals surface area (Å²) >= 11 is 10.2. The van der Waals surface area contributed by atoms with E-state index in [1.165, 1.54) is 9.09 Å². The highest BCUT2D eigenvalue weighted by atomic mass is 127. The molecule has 0 aliphatic carbocycles. The lowest BCUT2D eigenvalue weighted by atomic mass is 10.2. The van der Waals surface area contributed by atoms with Gasteiger partial charge in [-0.25, -0.2) is 4.98 Å². The third-order valence-electron chi connectivity index (χ3n) is 3.00. The van der Waals surface area contributed by atoms with Crippen LogP contribution in [-0.2, 0) is 12.4 Å². The molecule has 1 heterocycles. The third kappa shape index (κ3) is 2.96. The topological polar surface area (TPSA) is 17.8 Å². The van der Waals surface area contributed by atoms with E-state index in [4.69, 9.17) is 11.6 Å². The van der Waals surface area contributed by atoms with E-state index in [1.807, 2.05) is 11.8 Å². The SMILES string of the molecule is CSC(C)(C)Cn1c(CCl)nc2cc(I)ccc21. The number of thioether (sulfide) groups is 1. The molecule has 0 unspecified atom stereocenters. The molecule has 0 amide bonds. The maximum Gasteiger partial charge on any atom is 0.124 e.